The van der Waals surface area contributed by atoms with E-state index in [9.17, 15) is 5.11 Å². The Morgan fingerprint density at radius 2 is 1.52 bits per heavy atom. The fraction of sp³-hybridized carbons (Fsp3) is 0.368. The van der Waals surface area contributed by atoms with Crippen molar-refractivity contribution in [2.45, 2.75) is 38.7 Å². The maximum absolute atomic E-state index is 10.7. The lowest BCUT2D eigenvalue weighted by Crippen LogP contribution is -2.20. The molecule has 0 aromatic heterocycles. The van der Waals surface area contributed by atoms with E-state index in [2.05, 4.69) is 38.1 Å². The first-order valence-corrected chi connectivity index (χ1v) is 7.58. The highest BCUT2D eigenvalue weighted by molar-refractivity contribution is 5.34. The van der Waals surface area contributed by atoms with Gasteiger partial charge in [0.2, 0.25) is 0 Å². The predicted octanol–water partition coefficient (Wildman–Crippen LogP) is 3.89. The van der Waals surface area contributed by atoms with Crippen LogP contribution >= 0.6 is 0 Å². The molecule has 0 aliphatic heterocycles. The number of aliphatic hydroxyl groups is 1. The highest BCUT2D eigenvalue weighted by Gasteiger charge is 2.22. The maximum Gasteiger partial charge on any atom is 0.0873 e. The van der Waals surface area contributed by atoms with Crippen molar-refractivity contribution in [3.8, 4) is 0 Å². The minimum absolute atomic E-state index is 0.0766. The minimum atomic E-state index is -0.568. The Labute approximate surface area is 127 Å². The topological polar surface area (TPSA) is 46.2 Å². The lowest BCUT2D eigenvalue weighted by molar-refractivity contribution is 0.147. The first kappa shape index (κ1) is 15.7. The van der Waals surface area contributed by atoms with E-state index in [0.717, 1.165) is 16.7 Å². The zero-order valence-electron chi connectivity index (χ0n) is 13.1. The number of nitrogens with two attached hydrogens (primary N) is 1. The number of aryl methyl sites for hydroxylation is 1. The normalized spacial score (nSPS) is 14.2. The van der Waals surface area contributed by atoms with Crippen molar-refractivity contribution in [3.63, 3.8) is 0 Å². The zero-order valence-corrected chi connectivity index (χ0v) is 13.1. The fourth-order valence-electron chi connectivity index (χ4n) is 2.71. The van der Waals surface area contributed by atoms with Gasteiger partial charge in [0.1, 0.15) is 0 Å². The van der Waals surface area contributed by atoms with Crippen molar-refractivity contribution in [1.82, 2.24) is 0 Å². The summed E-state index contributed by atoms with van der Waals surface area (Å²) in [5, 5.41) is 10.7. The number of rotatable bonds is 5. The summed E-state index contributed by atoms with van der Waals surface area (Å²) in [5.41, 5.74) is 10.4. The van der Waals surface area contributed by atoms with E-state index in [0.29, 0.717) is 12.5 Å². The lowest BCUT2D eigenvalue weighted by Gasteiger charge is -2.24. The molecule has 2 aromatic rings. The van der Waals surface area contributed by atoms with Crippen LogP contribution in [0.5, 0.6) is 0 Å². The molecule has 2 aromatic carbocycles. The van der Waals surface area contributed by atoms with E-state index in [4.69, 9.17) is 5.73 Å². The molecule has 0 aliphatic rings. The summed E-state index contributed by atoms with van der Waals surface area (Å²) in [5.74, 6) is 0.434. The Bertz CT molecular complexity index is 574. The van der Waals surface area contributed by atoms with Gasteiger partial charge in [0.05, 0.1) is 6.10 Å². The van der Waals surface area contributed by atoms with Gasteiger partial charge in [0, 0.05) is 12.5 Å². The summed E-state index contributed by atoms with van der Waals surface area (Å²) >= 11 is 0. The van der Waals surface area contributed by atoms with E-state index in [1.807, 2.05) is 31.2 Å². The Kier molecular flexibility index (Phi) is 5.16. The van der Waals surface area contributed by atoms with Crippen LogP contribution < -0.4 is 5.73 Å². The highest BCUT2D eigenvalue weighted by Crippen LogP contribution is 2.32. The largest absolute Gasteiger partial charge is 0.388 e. The molecule has 0 spiro atoms. The van der Waals surface area contributed by atoms with Crippen molar-refractivity contribution >= 4 is 0 Å². The SMILES string of the molecule is Cc1ccccc1C(O)C(CN)c1ccc(C(C)C)cc1. The van der Waals surface area contributed by atoms with Crippen molar-refractivity contribution in [3.05, 3.63) is 70.8 Å². The van der Waals surface area contributed by atoms with Crippen molar-refractivity contribution in [2.75, 3.05) is 6.54 Å². The molecule has 2 nitrogen and oxygen atoms in total. The third-order valence-electron chi connectivity index (χ3n) is 4.17. The highest BCUT2D eigenvalue weighted by atomic mass is 16.3. The standard InChI is InChI=1S/C19H25NO/c1-13(2)15-8-10-16(11-9-15)18(12-20)19(21)17-7-5-4-6-14(17)3/h4-11,13,18-19,21H,12,20H2,1-3H3. The minimum Gasteiger partial charge on any atom is -0.388 e. The molecule has 0 heterocycles. The molecule has 112 valence electrons. The molecule has 0 saturated heterocycles. The number of hydrogen-bond donors (Lipinski definition) is 2. The van der Waals surface area contributed by atoms with Gasteiger partial charge < -0.3 is 10.8 Å². The molecular formula is C19H25NO. The quantitative estimate of drug-likeness (QED) is 0.874. The van der Waals surface area contributed by atoms with Crippen LogP contribution in [-0.4, -0.2) is 11.7 Å². The molecule has 2 rings (SSSR count). The maximum atomic E-state index is 10.7. The average Bonchev–Trinajstić information content (AvgIpc) is 2.49. The van der Waals surface area contributed by atoms with E-state index < -0.39 is 6.10 Å². The van der Waals surface area contributed by atoms with Gasteiger partial charge in [-0.2, -0.15) is 0 Å². The average molecular weight is 283 g/mol. The van der Waals surface area contributed by atoms with Gasteiger partial charge >= 0.3 is 0 Å². The van der Waals surface area contributed by atoms with Crippen LogP contribution in [0.15, 0.2) is 48.5 Å². The van der Waals surface area contributed by atoms with Gasteiger partial charge in [-0.25, -0.2) is 0 Å². The molecule has 0 aliphatic carbocycles. The zero-order chi connectivity index (χ0) is 15.4. The number of aliphatic hydroxyl groups excluding tert-OH is 1. The van der Waals surface area contributed by atoms with Gasteiger partial charge in [-0.15, -0.1) is 0 Å². The third kappa shape index (κ3) is 3.52. The van der Waals surface area contributed by atoms with Crippen LogP contribution in [0.25, 0.3) is 0 Å². The Morgan fingerprint density at radius 1 is 0.952 bits per heavy atom. The summed E-state index contributed by atoms with van der Waals surface area (Å²) < 4.78 is 0. The number of benzene rings is 2. The molecule has 0 bridgehead atoms. The summed E-state index contributed by atoms with van der Waals surface area (Å²) in [4.78, 5) is 0. The second-order valence-electron chi connectivity index (χ2n) is 5.96. The Morgan fingerprint density at radius 3 is 2.05 bits per heavy atom. The molecule has 2 atom stereocenters. The van der Waals surface area contributed by atoms with Crippen LogP contribution in [0.1, 0.15) is 54.0 Å². The van der Waals surface area contributed by atoms with E-state index in [1.165, 1.54) is 5.56 Å². The molecule has 2 unspecified atom stereocenters. The van der Waals surface area contributed by atoms with Gasteiger partial charge in [0.25, 0.3) is 0 Å². The monoisotopic (exact) mass is 283 g/mol. The second-order valence-corrected chi connectivity index (χ2v) is 5.96. The molecule has 0 radical (unpaired) electrons. The summed E-state index contributed by atoms with van der Waals surface area (Å²) in [7, 11) is 0. The second kappa shape index (κ2) is 6.88. The summed E-state index contributed by atoms with van der Waals surface area (Å²) in [6, 6.07) is 16.4. The van der Waals surface area contributed by atoms with Crippen LogP contribution in [0.3, 0.4) is 0 Å². The molecule has 0 amide bonds. The van der Waals surface area contributed by atoms with Gasteiger partial charge in [-0.05, 0) is 35.1 Å². The van der Waals surface area contributed by atoms with Crippen LogP contribution in [-0.2, 0) is 0 Å². The van der Waals surface area contributed by atoms with Crippen LogP contribution in [0, 0.1) is 6.92 Å². The third-order valence-corrected chi connectivity index (χ3v) is 4.17. The van der Waals surface area contributed by atoms with E-state index >= 15 is 0 Å². The van der Waals surface area contributed by atoms with Gasteiger partial charge in [0.15, 0.2) is 0 Å². The summed E-state index contributed by atoms with van der Waals surface area (Å²) in [6.07, 6.45) is -0.568. The molecule has 2 heteroatoms. The molecule has 0 saturated carbocycles. The summed E-state index contributed by atoms with van der Waals surface area (Å²) in [6.45, 7) is 6.81. The lowest BCUT2D eigenvalue weighted by atomic mass is 9.86. The number of hydrogen-bond acceptors (Lipinski definition) is 2. The van der Waals surface area contributed by atoms with Gasteiger partial charge in [-0.3, -0.25) is 0 Å². The van der Waals surface area contributed by atoms with Crippen molar-refractivity contribution in [1.29, 1.82) is 0 Å². The van der Waals surface area contributed by atoms with E-state index in [1.54, 1.807) is 0 Å². The van der Waals surface area contributed by atoms with E-state index in [-0.39, 0.29) is 5.92 Å². The predicted molar refractivity (Wildman–Crippen MR) is 88.5 cm³/mol. The Hall–Kier alpha value is -1.64. The first-order valence-electron chi connectivity index (χ1n) is 7.58. The smallest absolute Gasteiger partial charge is 0.0873 e. The van der Waals surface area contributed by atoms with Crippen molar-refractivity contribution in [2.24, 2.45) is 5.73 Å². The van der Waals surface area contributed by atoms with Crippen LogP contribution in [0.4, 0.5) is 0 Å². The van der Waals surface area contributed by atoms with Crippen LogP contribution in [0.2, 0.25) is 0 Å². The molecular weight excluding hydrogens is 258 g/mol. The fourth-order valence-corrected chi connectivity index (χ4v) is 2.71. The molecule has 3 N–H and O–H groups in total. The molecule has 21 heavy (non-hydrogen) atoms. The van der Waals surface area contributed by atoms with Crippen molar-refractivity contribution < 1.29 is 5.11 Å². The molecule has 0 fully saturated rings. The van der Waals surface area contributed by atoms with Gasteiger partial charge in [-0.1, -0.05) is 62.4 Å². The first-order chi connectivity index (χ1) is 10.0. The Balaban J connectivity index is 2.29.